The molecule has 1 atom stereocenters. The number of benzene rings is 2. The van der Waals surface area contributed by atoms with E-state index in [1.54, 1.807) is 37.4 Å². The van der Waals surface area contributed by atoms with Gasteiger partial charge in [0, 0.05) is 5.56 Å². The van der Waals surface area contributed by atoms with Gasteiger partial charge in [-0.3, -0.25) is 14.9 Å². The third kappa shape index (κ3) is 3.76. The molecule has 0 aliphatic carbocycles. The second-order valence-corrected chi connectivity index (χ2v) is 7.08. The van der Waals surface area contributed by atoms with Gasteiger partial charge in [-0.25, -0.2) is 4.68 Å². The third-order valence-electron chi connectivity index (χ3n) is 4.42. The van der Waals surface area contributed by atoms with Gasteiger partial charge in [0.25, 0.3) is 5.91 Å². The normalized spacial score (nSPS) is 15.0. The van der Waals surface area contributed by atoms with Crippen LogP contribution in [0, 0.1) is 0 Å². The van der Waals surface area contributed by atoms with Gasteiger partial charge in [-0.1, -0.05) is 29.3 Å². The van der Waals surface area contributed by atoms with E-state index in [0.29, 0.717) is 28.2 Å². The van der Waals surface area contributed by atoms with Crippen molar-refractivity contribution in [2.24, 2.45) is 0 Å². The third-order valence-corrected chi connectivity index (χ3v) is 5.24. The molecule has 0 fully saturated rings. The van der Waals surface area contributed by atoms with Crippen LogP contribution in [0.1, 0.15) is 12.5 Å². The Morgan fingerprint density at radius 1 is 1.24 bits per heavy atom. The van der Waals surface area contributed by atoms with Gasteiger partial charge in [0.1, 0.15) is 11.8 Å². The first kappa shape index (κ1) is 19.2. The largest absolute Gasteiger partial charge is 0.497 e. The lowest BCUT2D eigenvalue weighted by molar-refractivity contribution is -0.123. The van der Waals surface area contributed by atoms with Gasteiger partial charge in [-0.15, -0.1) is 5.10 Å². The topological polar surface area (TPSA) is 98.1 Å². The summed E-state index contributed by atoms with van der Waals surface area (Å²) < 4.78 is 6.56. The Bertz CT molecular complexity index is 1100. The minimum atomic E-state index is -0.817. The lowest BCUT2D eigenvalue weighted by atomic mass is 10.2. The van der Waals surface area contributed by atoms with Gasteiger partial charge in [0.05, 0.1) is 29.3 Å². The summed E-state index contributed by atoms with van der Waals surface area (Å²) in [5.74, 6) is 0.686. The smallest absolute Gasteiger partial charge is 0.252 e. The fraction of sp³-hybridized carbons (Fsp3) is 0.158. The van der Waals surface area contributed by atoms with Crippen molar-refractivity contribution in [2.75, 3.05) is 17.7 Å². The molecule has 0 saturated carbocycles. The predicted molar refractivity (Wildman–Crippen MR) is 109 cm³/mol. The molecule has 0 radical (unpaired) electrons. The van der Waals surface area contributed by atoms with Crippen molar-refractivity contribution in [1.82, 2.24) is 14.8 Å². The summed E-state index contributed by atoms with van der Waals surface area (Å²) in [4.78, 5) is 29.1. The van der Waals surface area contributed by atoms with Crippen molar-refractivity contribution in [2.45, 2.75) is 12.5 Å². The molecule has 2 aromatic carbocycles. The van der Waals surface area contributed by atoms with E-state index >= 15 is 0 Å². The summed E-state index contributed by atoms with van der Waals surface area (Å²) >= 11 is 12.1. The van der Waals surface area contributed by atoms with Crippen molar-refractivity contribution < 1.29 is 14.3 Å². The summed E-state index contributed by atoms with van der Waals surface area (Å²) in [6.07, 6.45) is -0.132. The highest BCUT2D eigenvalue weighted by Crippen LogP contribution is 2.32. The number of carbonyl (C=O) groups is 2. The molecule has 4 rings (SSSR count). The first-order chi connectivity index (χ1) is 14.0. The van der Waals surface area contributed by atoms with Crippen LogP contribution in [0.15, 0.2) is 42.5 Å². The Morgan fingerprint density at radius 3 is 2.72 bits per heavy atom. The molecule has 2 heterocycles. The highest BCUT2D eigenvalue weighted by molar-refractivity contribution is 6.44. The number of hydrogen-bond acceptors (Lipinski definition) is 5. The summed E-state index contributed by atoms with van der Waals surface area (Å²) in [5.41, 5.74) is 1.14. The van der Waals surface area contributed by atoms with Crippen molar-refractivity contribution in [3.63, 3.8) is 0 Å². The molecule has 0 saturated heterocycles. The average Bonchev–Trinajstić information content (AvgIpc) is 3.24. The fourth-order valence-electron chi connectivity index (χ4n) is 2.95. The van der Waals surface area contributed by atoms with Crippen molar-refractivity contribution >= 4 is 46.7 Å². The number of aromatic nitrogens is 3. The molecule has 3 aromatic rings. The summed E-state index contributed by atoms with van der Waals surface area (Å²) in [7, 11) is 1.58. The zero-order valence-corrected chi connectivity index (χ0v) is 16.7. The van der Waals surface area contributed by atoms with Gasteiger partial charge in [-0.05, 0) is 36.4 Å². The number of anilines is 2. The van der Waals surface area contributed by atoms with Crippen molar-refractivity contribution in [1.29, 1.82) is 0 Å². The number of carbonyl (C=O) groups excluding carboxylic acids is 2. The number of nitrogens with one attached hydrogen (secondary N) is 2. The van der Waals surface area contributed by atoms with Crippen LogP contribution >= 0.6 is 23.2 Å². The van der Waals surface area contributed by atoms with Crippen LogP contribution in [-0.4, -0.2) is 33.7 Å². The molecule has 1 aromatic heterocycles. The maximum Gasteiger partial charge on any atom is 0.252 e. The van der Waals surface area contributed by atoms with Crippen LogP contribution in [0.3, 0.4) is 0 Å². The van der Waals surface area contributed by atoms with Crippen LogP contribution < -0.4 is 15.4 Å². The molecule has 8 nitrogen and oxygen atoms in total. The first-order valence-electron chi connectivity index (χ1n) is 8.62. The van der Waals surface area contributed by atoms with Crippen molar-refractivity contribution in [3.05, 3.63) is 52.5 Å². The van der Waals surface area contributed by atoms with Crippen LogP contribution in [0.5, 0.6) is 5.75 Å². The molecule has 0 bridgehead atoms. The van der Waals surface area contributed by atoms with Crippen LogP contribution in [0.25, 0.3) is 11.4 Å². The highest BCUT2D eigenvalue weighted by Gasteiger charge is 2.35. The molecule has 2 amide bonds. The quantitative estimate of drug-likeness (QED) is 0.640. The van der Waals surface area contributed by atoms with E-state index in [1.165, 1.54) is 4.68 Å². The summed E-state index contributed by atoms with van der Waals surface area (Å²) in [6, 6.07) is 11.3. The number of rotatable bonds is 5. The molecule has 29 heavy (non-hydrogen) atoms. The Kier molecular flexibility index (Phi) is 5.12. The zero-order chi connectivity index (χ0) is 20.5. The van der Waals surface area contributed by atoms with E-state index < -0.39 is 11.9 Å². The second kappa shape index (κ2) is 7.73. The minimum Gasteiger partial charge on any atom is -0.497 e. The highest BCUT2D eigenvalue weighted by atomic mass is 35.5. The van der Waals surface area contributed by atoms with E-state index in [1.807, 2.05) is 12.1 Å². The SMILES string of the molecule is COc1ccc(-c2nc3n(n2)[C@H](CC(=O)Nc2cccc(Cl)c2Cl)C(=O)N3)cc1. The van der Waals surface area contributed by atoms with Gasteiger partial charge in [0.15, 0.2) is 5.82 Å². The number of methoxy groups -OCH3 is 1. The van der Waals surface area contributed by atoms with Crippen LogP contribution in [-0.2, 0) is 9.59 Å². The molecular weight excluding hydrogens is 417 g/mol. The molecule has 148 valence electrons. The lowest BCUT2D eigenvalue weighted by Crippen LogP contribution is -2.23. The van der Waals surface area contributed by atoms with E-state index in [4.69, 9.17) is 27.9 Å². The number of halogens is 2. The minimum absolute atomic E-state index is 0.132. The monoisotopic (exact) mass is 431 g/mol. The van der Waals surface area contributed by atoms with E-state index in [-0.39, 0.29) is 17.4 Å². The molecule has 0 spiro atoms. The predicted octanol–water partition coefficient (Wildman–Crippen LogP) is 3.78. The molecule has 0 unspecified atom stereocenters. The number of amides is 2. The molecular formula is C19H15Cl2N5O3. The number of hydrogen-bond donors (Lipinski definition) is 2. The van der Waals surface area contributed by atoms with Gasteiger partial charge in [-0.2, -0.15) is 4.98 Å². The summed E-state index contributed by atoms with van der Waals surface area (Å²) in [5, 5.41) is 10.3. The number of nitrogens with zero attached hydrogens (tertiary/aromatic N) is 3. The Hall–Kier alpha value is -3.10. The van der Waals surface area contributed by atoms with E-state index in [2.05, 4.69) is 20.7 Å². The molecule has 1 aliphatic rings. The Morgan fingerprint density at radius 2 is 2.00 bits per heavy atom. The fourth-order valence-corrected chi connectivity index (χ4v) is 3.30. The molecule has 1 aliphatic heterocycles. The van der Waals surface area contributed by atoms with E-state index in [0.717, 1.165) is 5.56 Å². The van der Waals surface area contributed by atoms with Crippen molar-refractivity contribution in [3.8, 4) is 17.1 Å². The van der Waals surface area contributed by atoms with Crippen LogP contribution in [0.4, 0.5) is 11.6 Å². The Balaban J connectivity index is 1.52. The van der Waals surface area contributed by atoms with Crippen LogP contribution in [0.2, 0.25) is 10.0 Å². The second-order valence-electron chi connectivity index (χ2n) is 6.29. The van der Waals surface area contributed by atoms with E-state index in [9.17, 15) is 9.59 Å². The molecule has 10 heteroatoms. The van der Waals surface area contributed by atoms with Gasteiger partial charge >= 0.3 is 0 Å². The van der Waals surface area contributed by atoms with Gasteiger partial charge < -0.3 is 10.1 Å². The van der Waals surface area contributed by atoms with Gasteiger partial charge in [0.2, 0.25) is 11.9 Å². The molecule has 2 N–H and O–H groups in total. The standard InChI is InChI=1S/C19H15Cl2N5O3/c1-29-11-7-5-10(6-8-11)17-23-19-24-18(28)14(26(19)25-17)9-15(27)22-13-4-2-3-12(20)16(13)21/h2-8,14H,9H2,1H3,(H,22,27)(H,23,24,25,28)/t14-/m1/s1. The lowest BCUT2D eigenvalue weighted by Gasteiger charge is -2.11. The number of fused-ring (bicyclic) bond motifs is 1. The summed E-state index contributed by atoms with van der Waals surface area (Å²) in [6.45, 7) is 0. The number of ether oxygens (including phenoxy) is 1. The first-order valence-corrected chi connectivity index (χ1v) is 9.37. The zero-order valence-electron chi connectivity index (χ0n) is 15.1. The maximum absolute atomic E-state index is 12.5. The maximum atomic E-state index is 12.5. The Labute approximate surface area is 175 Å². The average molecular weight is 432 g/mol.